The van der Waals surface area contributed by atoms with Gasteiger partial charge in [-0.1, -0.05) is 31.2 Å². The van der Waals surface area contributed by atoms with E-state index in [1.807, 2.05) is 55.1 Å². The zero-order chi connectivity index (χ0) is 19.4. The lowest BCUT2D eigenvalue weighted by atomic mass is 10.00. The molecule has 1 aromatic heterocycles. The third kappa shape index (κ3) is 4.81. The van der Waals surface area contributed by atoms with Gasteiger partial charge in [0.05, 0.1) is 24.3 Å². The van der Waals surface area contributed by atoms with Gasteiger partial charge in [0.2, 0.25) is 5.91 Å². The summed E-state index contributed by atoms with van der Waals surface area (Å²) in [6.07, 6.45) is -0.397. The van der Waals surface area contributed by atoms with Crippen LogP contribution in [-0.4, -0.2) is 58.2 Å². The van der Waals surface area contributed by atoms with Gasteiger partial charge < -0.3 is 20.4 Å². The van der Waals surface area contributed by atoms with Gasteiger partial charge in [0.1, 0.15) is 0 Å². The number of anilines is 1. The number of carbonyl (C=O) groups is 1. The first kappa shape index (κ1) is 19.3. The lowest BCUT2D eigenvalue weighted by Gasteiger charge is -2.17. The maximum absolute atomic E-state index is 12.4. The zero-order valence-electron chi connectivity index (χ0n) is 15.7. The van der Waals surface area contributed by atoms with Gasteiger partial charge in [-0.15, -0.1) is 5.10 Å². The monoisotopic (exact) mass is 370 g/mol. The molecule has 144 valence electrons. The number of carbonyl (C=O) groups excluding carboxylic acids is 1. The van der Waals surface area contributed by atoms with Crippen molar-refractivity contribution in [3.8, 4) is 0 Å². The van der Waals surface area contributed by atoms with Crippen molar-refractivity contribution < 1.29 is 15.0 Å². The molecular weight excluding hydrogens is 344 g/mol. The Balaban J connectivity index is 1.55. The Morgan fingerprint density at radius 1 is 1.22 bits per heavy atom. The van der Waals surface area contributed by atoms with Gasteiger partial charge in [0.15, 0.2) is 5.82 Å². The fourth-order valence-corrected chi connectivity index (χ4v) is 3.19. The molecule has 1 aliphatic rings. The molecule has 1 aliphatic heterocycles. The van der Waals surface area contributed by atoms with Crippen LogP contribution >= 0.6 is 0 Å². The normalized spacial score (nSPS) is 20.5. The topological polar surface area (TPSA) is 98.6 Å². The number of amides is 1. The van der Waals surface area contributed by atoms with Crippen LogP contribution in [0.25, 0.3) is 0 Å². The number of hydrogen-bond acceptors (Lipinski definition) is 6. The lowest BCUT2D eigenvalue weighted by Crippen LogP contribution is -2.43. The second-order valence-electron chi connectivity index (χ2n) is 7.18. The standard InChI is InChI=1S/C20H26N4O3/c1-13(12-25)16-6-4-15(5-7-16)9-20(27)21-17-10-24(11-18(17)26)19-8-3-14(2)22-23-19/h3-8,13,17-18,25-26H,9-12H2,1-2H3,(H,21,27)/t13?,17-,18-/m0/s1. The molecule has 1 fully saturated rings. The van der Waals surface area contributed by atoms with E-state index in [4.69, 9.17) is 0 Å². The highest BCUT2D eigenvalue weighted by atomic mass is 16.3. The average molecular weight is 370 g/mol. The molecule has 0 bridgehead atoms. The van der Waals surface area contributed by atoms with E-state index < -0.39 is 6.10 Å². The molecule has 7 nitrogen and oxygen atoms in total. The lowest BCUT2D eigenvalue weighted by molar-refractivity contribution is -0.121. The number of rotatable bonds is 6. The number of aliphatic hydroxyl groups is 2. The molecule has 27 heavy (non-hydrogen) atoms. The summed E-state index contributed by atoms with van der Waals surface area (Å²) >= 11 is 0. The summed E-state index contributed by atoms with van der Waals surface area (Å²) < 4.78 is 0. The quantitative estimate of drug-likeness (QED) is 0.695. The van der Waals surface area contributed by atoms with Crippen LogP contribution in [0.3, 0.4) is 0 Å². The third-order valence-electron chi connectivity index (χ3n) is 4.93. The Kier molecular flexibility index (Phi) is 6.03. The summed E-state index contributed by atoms with van der Waals surface area (Å²) in [4.78, 5) is 14.3. The van der Waals surface area contributed by atoms with Crippen LogP contribution in [-0.2, 0) is 11.2 Å². The van der Waals surface area contributed by atoms with Gasteiger partial charge >= 0.3 is 0 Å². The molecule has 7 heteroatoms. The molecule has 3 rings (SSSR count). The Labute approximate surface area is 159 Å². The number of benzene rings is 1. The number of nitrogens with zero attached hydrogens (tertiary/aromatic N) is 3. The van der Waals surface area contributed by atoms with E-state index in [1.54, 1.807) is 0 Å². The van der Waals surface area contributed by atoms with E-state index in [0.717, 1.165) is 16.8 Å². The maximum Gasteiger partial charge on any atom is 0.224 e. The van der Waals surface area contributed by atoms with Crippen molar-refractivity contribution in [1.82, 2.24) is 15.5 Å². The summed E-state index contributed by atoms with van der Waals surface area (Å²) in [6, 6.07) is 11.1. The van der Waals surface area contributed by atoms with Crippen molar-refractivity contribution >= 4 is 11.7 Å². The molecule has 1 amide bonds. The van der Waals surface area contributed by atoms with Gasteiger partial charge in [-0.3, -0.25) is 4.79 Å². The average Bonchev–Trinajstić information content (AvgIpc) is 3.02. The molecule has 2 heterocycles. The summed E-state index contributed by atoms with van der Waals surface area (Å²) in [7, 11) is 0. The van der Waals surface area contributed by atoms with Crippen molar-refractivity contribution in [2.45, 2.75) is 38.3 Å². The molecule has 0 radical (unpaired) electrons. The van der Waals surface area contributed by atoms with Gasteiger partial charge in [0, 0.05) is 25.6 Å². The Bertz CT molecular complexity index is 764. The van der Waals surface area contributed by atoms with Crippen LogP contribution < -0.4 is 10.2 Å². The molecule has 0 aliphatic carbocycles. The first-order valence-electron chi connectivity index (χ1n) is 9.18. The predicted octanol–water partition coefficient (Wildman–Crippen LogP) is 0.789. The van der Waals surface area contributed by atoms with Gasteiger partial charge in [-0.2, -0.15) is 5.10 Å². The fourth-order valence-electron chi connectivity index (χ4n) is 3.19. The first-order chi connectivity index (χ1) is 13.0. The van der Waals surface area contributed by atoms with Crippen molar-refractivity contribution in [2.75, 3.05) is 24.6 Å². The summed E-state index contributed by atoms with van der Waals surface area (Å²) in [5.41, 5.74) is 2.78. The van der Waals surface area contributed by atoms with Gasteiger partial charge in [0.25, 0.3) is 0 Å². The number of aliphatic hydroxyl groups excluding tert-OH is 2. The van der Waals surface area contributed by atoms with Crippen LogP contribution in [0.1, 0.15) is 29.7 Å². The second-order valence-corrected chi connectivity index (χ2v) is 7.18. The van der Waals surface area contributed by atoms with Crippen molar-refractivity contribution in [3.63, 3.8) is 0 Å². The smallest absolute Gasteiger partial charge is 0.224 e. The molecule has 3 N–H and O–H groups in total. The highest BCUT2D eigenvalue weighted by Gasteiger charge is 2.33. The predicted molar refractivity (Wildman–Crippen MR) is 103 cm³/mol. The fraction of sp³-hybridized carbons (Fsp3) is 0.450. The molecule has 0 spiro atoms. The summed E-state index contributed by atoms with van der Waals surface area (Å²) in [5, 5.41) is 30.6. The van der Waals surface area contributed by atoms with Crippen LogP contribution in [0.4, 0.5) is 5.82 Å². The minimum Gasteiger partial charge on any atom is -0.396 e. The third-order valence-corrected chi connectivity index (χ3v) is 4.93. The molecular formula is C20H26N4O3. The second kappa shape index (κ2) is 8.45. The SMILES string of the molecule is Cc1ccc(N2C[C@H](NC(=O)Cc3ccc(C(C)CO)cc3)[C@@H](O)C2)nn1. The minimum absolute atomic E-state index is 0.0809. The Morgan fingerprint density at radius 3 is 2.59 bits per heavy atom. The van der Waals surface area contributed by atoms with Crippen molar-refractivity contribution in [1.29, 1.82) is 0 Å². The van der Waals surface area contributed by atoms with Crippen LogP contribution in [0.2, 0.25) is 0 Å². The van der Waals surface area contributed by atoms with E-state index in [2.05, 4.69) is 15.5 Å². The van der Waals surface area contributed by atoms with E-state index in [9.17, 15) is 15.0 Å². The van der Waals surface area contributed by atoms with E-state index in [-0.39, 0.29) is 30.9 Å². The molecule has 0 saturated carbocycles. The summed E-state index contributed by atoms with van der Waals surface area (Å²) in [6.45, 7) is 4.83. The molecule has 1 aromatic carbocycles. The van der Waals surface area contributed by atoms with Gasteiger partial charge in [-0.05, 0) is 30.2 Å². The van der Waals surface area contributed by atoms with Crippen molar-refractivity contribution in [2.24, 2.45) is 0 Å². The molecule has 3 atom stereocenters. The van der Waals surface area contributed by atoms with Crippen LogP contribution in [0.15, 0.2) is 36.4 Å². The number of aryl methyl sites for hydroxylation is 1. The number of nitrogens with one attached hydrogen (secondary N) is 1. The highest BCUT2D eigenvalue weighted by molar-refractivity contribution is 5.79. The van der Waals surface area contributed by atoms with Crippen molar-refractivity contribution in [3.05, 3.63) is 53.2 Å². The van der Waals surface area contributed by atoms with E-state index >= 15 is 0 Å². The molecule has 1 unspecified atom stereocenters. The maximum atomic E-state index is 12.4. The molecule has 1 saturated heterocycles. The van der Waals surface area contributed by atoms with Gasteiger partial charge in [-0.25, -0.2) is 0 Å². The first-order valence-corrected chi connectivity index (χ1v) is 9.18. The Morgan fingerprint density at radius 2 is 1.96 bits per heavy atom. The highest BCUT2D eigenvalue weighted by Crippen LogP contribution is 2.19. The largest absolute Gasteiger partial charge is 0.396 e. The minimum atomic E-state index is -0.648. The number of β-amino-alcohol motifs (C(OH)–C–C–N with tert-alkyl or cyclic N) is 1. The Hall–Kier alpha value is -2.51. The molecule has 2 aromatic rings. The zero-order valence-corrected chi connectivity index (χ0v) is 15.7. The summed E-state index contributed by atoms with van der Waals surface area (Å²) in [5.74, 6) is 0.654. The van der Waals surface area contributed by atoms with E-state index in [0.29, 0.717) is 18.9 Å². The number of aromatic nitrogens is 2. The van der Waals surface area contributed by atoms with Crippen LogP contribution in [0, 0.1) is 6.92 Å². The number of hydrogen-bond donors (Lipinski definition) is 3. The van der Waals surface area contributed by atoms with Crippen LogP contribution in [0.5, 0.6) is 0 Å². The van der Waals surface area contributed by atoms with E-state index in [1.165, 1.54) is 0 Å².